The van der Waals surface area contributed by atoms with Crippen LogP contribution in [0.25, 0.3) is 0 Å². The molecular weight excluding hydrogens is 284 g/mol. The quantitative estimate of drug-likeness (QED) is 0.696. The summed E-state index contributed by atoms with van der Waals surface area (Å²) in [7, 11) is 0. The zero-order valence-electron chi connectivity index (χ0n) is 15.5. The van der Waals surface area contributed by atoms with Gasteiger partial charge in [-0.3, -0.25) is 0 Å². The lowest BCUT2D eigenvalue weighted by Gasteiger charge is -2.39. The number of hydrogen-bond donors (Lipinski definition) is 2. The van der Waals surface area contributed by atoms with E-state index in [2.05, 4.69) is 13.8 Å². The molecule has 0 aromatic heterocycles. The summed E-state index contributed by atoms with van der Waals surface area (Å²) in [5.41, 5.74) is 12.7. The summed E-state index contributed by atoms with van der Waals surface area (Å²) in [5.74, 6) is 1.35. The van der Waals surface area contributed by atoms with Gasteiger partial charge >= 0.3 is 0 Å². The van der Waals surface area contributed by atoms with Gasteiger partial charge in [-0.1, -0.05) is 39.5 Å². The van der Waals surface area contributed by atoms with Crippen molar-refractivity contribution in [3.8, 4) is 0 Å². The zero-order chi connectivity index (χ0) is 16.7. The van der Waals surface area contributed by atoms with Gasteiger partial charge in [0.25, 0.3) is 0 Å². The summed E-state index contributed by atoms with van der Waals surface area (Å²) >= 11 is 0. The van der Waals surface area contributed by atoms with Gasteiger partial charge in [-0.05, 0) is 63.2 Å². The minimum Gasteiger partial charge on any atom is -0.375 e. The fourth-order valence-corrected chi connectivity index (χ4v) is 4.60. The van der Waals surface area contributed by atoms with E-state index in [0.717, 1.165) is 25.7 Å². The van der Waals surface area contributed by atoms with E-state index in [1.807, 2.05) is 0 Å². The molecule has 0 saturated heterocycles. The lowest BCUT2D eigenvalue weighted by molar-refractivity contribution is -0.0692. The highest BCUT2D eigenvalue weighted by Gasteiger charge is 2.33. The van der Waals surface area contributed by atoms with Crippen molar-refractivity contribution in [2.24, 2.45) is 23.3 Å². The fraction of sp³-hybridized carbons (Fsp3) is 1.00. The summed E-state index contributed by atoms with van der Waals surface area (Å²) in [5, 5.41) is 0. The Morgan fingerprint density at radius 2 is 1.17 bits per heavy atom. The second kappa shape index (κ2) is 10.0. The van der Waals surface area contributed by atoms with Gasteiger partial charge in [-0.2, -0.15) is 0 Å². The van der Waals surface area contributed by atoms with E-state index >= 15 is 0 Å². The Morgan fingerprint density at radius 1 is 0.739 bits per heavy atom. The second-order valence-electron chi connectivity index (χ2n) is 8.14. The summed E-state index contributed by atoms with van der Waals surface area (Å²) < 4.78 is 6.54. The van der Waals surface area contributed by atoms with Crippen molar-refractivity contribution in [3.63, 3.8) is 0 Å². The van der Waals surface area contributed by atoms with Crippen LogP contribution < -0.4 is 11.5 Å². The maximum atomic E-state index is 6.54. The van der Waals surface area contributed by atoms with E-state index in [1.54, 1.807) is 0 Å². The Bertz CT molecular complexity index is 293. The minimum atomic E-state index is 0.401. The summed E-state index contributed by atoms with van der Waals surface area (Å²) in [6.07, 6.45) is 15.6. The number of nitrogens with two attached hydrogens (primary N) is 2. The van der Waals surface area contributed by atoms with Crippen LogP contribution in [0, 0.1) is 11.8 Å². The lowest BCUT2D eigenvalue weighted by atomic mass is 9.79. The van der Waals surface area contributed by atoms with Gasteiger partial charge in [-0.15, -0.1) is 0 Å². The minimum absolute atomic E-state index is 0.401. The SMILES string of the molecule is CCCCC1CC(OC2CCC(N)C(CCCC)C2)CCC1N. The third-order valence-corrected chi connectivity index (χ3v) is 6.23. The van der Waals surface area contributed by atoms with Gasteiger partial charge in [0.05, 0.1) is 12.2 Å². The first-order valence-electron chi connectivity index (χ1n) is 10.3. The lowest BCUT2D eigenvalue weighted by Crippen LogP contribution is -2.43. The molecule has 0 amide bonds. The first kappa shape index (κ1) is 19.2. The molecule has 0 radical (unpaired) electrons. The van der Waals surface area contributed by atoms with E-state index in [4.69, 9.17) is 16.2 Å². The van der Waals surface area contributed by atoms with Gasteiger partial charge in [0.15, 0.2) is 0 Å². The molecule has 6 unspecified atom stereocenters. The zero-order valence-corrected chi connectivity index (χ0v) is 15.5. The summed E-state index contributed by atoms with van der Waals surface area (Å²) in [4.78, 5) is 0. The van der Waals surface area contributed by atoms with Crippen LogP contribution in [-0.4, -0.2) is 24.3 Å². The van der Waals surface area contributed by atoms with Gasteiger partial charge < -0.3 is 16.2 Å². The average Bonchev–Trinajstić information content (AvgIpc) is 2.55. The van der Waals surface area contributed by atoms with Crippen LogP contribution in [0.5, 0.6) is 0 Å². The number of unbranched alkanes of at least 4 members (excludes halogenated alkanes) is 2. The highest BCUT2D eigenvalue weighted by molar-refractivity contribution is 4.87. The van der Waals surface area contributed by atoms with Crippen LogP contribution in [0.15, 0.2) is 0 Å². The molecule has 3 nitrogen and oxygen atoms in total. The molecule has 0 aromatic rings. The molecular formula is C20H40N2O. The van der Waals surface area contributed by atoms with E-state index in [9.17, 15) is 0 Å². The number of hydrogen-bond acceptors (Lipinski definition) is 3. The van der Waals surface area contributed by atoms with Crippen molar-refractivity contribution in [1.29, 1.82) is 0 Å². The maximum Gasteiger partial charge on any atom is 0.0582 e. The van der Waals surface area contributed by atoms with Gasteiger partial charge in [0.1, 0.15) is 0 Å². The molecule has 0 aliphatic heterocycles. The third kappa shape index (κ3) is 6.03. The Kier molecular flexibility index (Phi) is 8.35. The maximum absolute atomic E-state index is 6.54. The van der Waals surface area contributed by atoms with Crippen LogP contribution in [0.3, 0.4) is 0 Å². The molecule has 2 saturated carbocycles. The molecule has 2 aliphatic carbocycles. The van der Waals surface area contributed by atoms with E-state index in [-0.39, 0.29) is 0 Å². The van der Waals surface area contributed by atoms with Crippen molar-refractivity contribution < 1.29 is 4.74 Å². The molecule has 0 heterocycles. The van der Waals surface area contributed by atoms with Crippen molar-refractivity contribution >= 4 is 0 Å². The molecule has 2 rings (SSSR count). The molecule has 0 bridgehead atoms. The summed E-state index contributed by atoms with van der Waals surface area (Å²) in [6.45, 7) is 4.54. The topological polar surface area (TPSA) is 61.3 Å². The standard InChI is InChI=1S/C20H40N2O/c1-3-5-7-15-13-17(9-11-19(15)21)23-18-10-12-20(22)16(14-18)8-6-4-2/h15-20H,3-14,21-22H2,1-2H3. The van der Waals surface area contributed by atoms with Crippen molar-refractivity contribution in [2.45, 2.75) is 115 Å². The molecule has 0 aromatic carbocycles. The molecule has 136 valence electrons. The Labute approximate surface area is 143 Å². The predicted octanol–water partition coefficient (Wildman–Crippen LogP) is 4.38. The smallest absolute Gasteiger partial charge is 0.0582 e. The highest BCUT2D eigenvalue weighted by Crippen LogP contribution is 2.34. The molecule has 0 spiro atoms. The number of ether oxygens (including phenoxy) is 1. The molecule has 2 fully saturated rings. The number of rotatable bonds is 8. The molecule has 3 heteroatoms. The summed E-state index contributed by atoms with van der Waals surface area (Å²) in [6, 6.07) is 0.803. The van der Waals surface area contributed by atoms with E-state index < -0.39 is 0 Å². The monoisotopic (exact) mass is 324 g/mol. The Morgan fingerprint density at radius 3 is 1.57 bits per heavy atom. The normalized spacial score (nSPS) is 38.6. The van der Waals surface area contributed by atoms with E-state index in [0.29, 0.717) is 36.1 Å². The predicted molar refractivity (Wildman–Crippen MR) is 98.3 cm³/mol. The van der Waals surface area contributed by atoms with Gasteiger partial charge in [0, 0.05) is 12.1 Å². The third-order valence-electron chi connectivity index (χ3n) is 6.23. The van der Waals surface area contributed by atoms with Crippen LogP contribution >= 0.6 is 0 Å². The van der Waals surface area contributed by atoms with Crippen molar-refractivity contribution in [2.75, 3.05) is 0 Å². The highest BCUT2D eigenvalue weighted by atomic mass is 16.5. The van der Waals surface area contributed by atoms with Gasteiger partial charge in [0.2, 0.25) is 0 Å². The van der Waals surface area contributed by atoms with Crippen molar-refractivity contribution in [1.82, 2.24) is 0 Å². The largest absolute Gasteiger partial charge is 0.375 e. The molecule has 23 heavy (non-hydrogen) atoms. The Balaban J connectivity index is 1.79. The van der Waals surface area contributed by atoms with Crippen LogP contribution in [0.2, 0.25) is 0 Å². The first-order chi connectivity index (χ1) is 11.1. The first-order valence-corrected chi connectivity index (χ1v) is 10.3. The van der Waals surface area contributed by atoms with Crippen molar-refractivity contribution in [3.05, 3.63) is 0 Å². The average molecular weight is 325 g/mol. The van der Waals surface area contributed by atoms with Gasteiger partial charge in [-0.25, -0.2) is 0 Å². The molecule has 2 aliphatic rings. The van der Waals surface area contributed by atoms with Crippen LogP contribution in [0.4, 0.5) is 0 Å². The fourth-order valence-electron chi connectivity index (χ4n) is 4.60. The molecule has 4 N–H and O–H groups in total. The van der Waals surface area contributed by atoms with Crippen LogP contribution in [-0.2, 0) is 4.74 Å². The molecule has 6 atom stereocenters. The van der Waals surface area contributed by atoms with Crippen LogP contribution in [0.1, 0.15) is 90.9 Å². The second-order valence-corrected chi connectivity index (χ2v) is 8.14. The Hall–Kier alpha value is -0.120. The van der Waals surface area contributed by atoms with E-state index in [1.165, 1.54) is 51.4 Å².